The van der Waals surface area contributed by atoms with Gasteiger partial charge in [-0.2, -0.15) is 0 Å². The summed E-state index contributed by atoms with van der Waals surface area (Å²) in [6, 6.07) is 0.388. The van der Waals surface area contributed by atoms with Crippen LogP contribution < -0.4 is 5.73 Å². The van der Waals surface area contributed by atoms with Crippen LogP contribution in [-0.2, 0) is 0 Å². The summed E-state index contributed by atoms with van der Waals surface area (Å²) < 4.78 is 2.32. The van der Waals surface area contributed by atoms with E-state index in [1.54, 1.807) is 0 Å². The molecule has 2 nitrogen and oxygen atoms in total. The van der Waals surface area contributed by atoms with Crippen molar-refractivity contribution >= 4 is 22.9 Å². The molecule has 0 bridgehead atoms. The van der Waals surface area contributed by atoms with Gasteiger partial charge in [0.25, 0.3) is 0 Å². The van der Waals surface area contributed by atoms with Gasteiger partial charge >= 0.3 is 0 Å². The molecule has 0 spiro atoms. The Morgan fingerprint density at radius 3 is 2.60 bits per heavy atom. The largest absolute Gasteiger partial charge is 0.327 e. The molecule has 0 saturated carbocycles. The fourth-order valence-corrected chi connectivity index (χ4v) is 2.47. The lowest BCUT2D eigenvalue weighted by Gasteiger charge is -2.39. The molecular formula is C7H15IN2. The normalized spacial score (nSPS) is 34.2. The zero-order valence-corrected chi connectivity index (χ0v) is 8.76. The first-order valence-corrected chi connectivity index (χ1v) is 4.65. The molecule has 0 amide bonds. The van der Waals surface area contributed by atoms with Crippen LogP contribution in [0.2, 0.25) is 0 Å². The van der Waals surface area contributed by atoms with E-state index in [4.69, 9.17) is 5.73 Å². The third kappa shape index (κ3) is 1.83. The van der Waals surface area contributed by atoms with Gasteiger partial charge in [-0.05, 0) is 11.8 Å². The average Bonchev–Trinajstić information content (AvgIpc) is 1.78. The van der Waals surface area contributed by atoms with Crippen LogP contribution in [0, 0.1) is 5.41 Å². The second-order valence-corrected chi connectivity index (χ2v) is 5.09. The van der Waals surface area contributed by atoms with E-state index < -0.39 is 0 Å². The molecule has 1 atom stereocenters. The predicted octanol–water partition coefficient (Wildman–Crippen LogP) is 1.40. The summed E-state index contributed by atoms with van der Waals surface area (Å²) in [6.45, 7) is 6.74. The maximum absolute atomic E-state index is 5.94. The molecule has 1 rings (SSSR count). The Bertz CT molecular complexity index is 125. The Labute approximate surface area is 76.6 Å². The van der Waals surface area contributed by atoms with E-state index >= 15 is 0 Å². The molecule has 1 heterocycles. The summed E-state index contributed by atoms with van der Waals surface area (Å²) in [4.78, 5) is 0. The van der Waals surface area contributed by atoms with Gasteiger partial charge in [-0.15, -0.1) is 0 Å². The van der Waals surface area contributed by atoms with E-state index in [0.29, 0.717) is 11.5 Å². The fourth-order valence-electron chi connectivity index (χ4n) is 1.31. The van der Waals surface area contributed by atoms with Crippen molar-refractivity contribution in [1.82, 2.24) is 3.11 Å². The molecule has 1 saturated heterocycles. The van der Waals surface area contributed by atoms with E-state index in [2.05, 4.69) is 39.8 Å². The minimum absolute atomic E-state index is 0.305. The molecular weight excluding hydrogens is 239 g/mol. The van der Waals surface area contributed by atoms with Crippen molar-refractivity contribution in [3.8, 4) is 0 Å². The highest BCUT2D eigenvalue weighted by molar-refractivity contribution is 14.1. The second-order valence-electron chi connectivity index (χ2n) is 3.73. The van der Waals surface area contributed by atoms with Crippen molar-refractivity contribution < 1.29 is 0 Å². The number of nitrogens with two attached hydrogens (primary N) is 1. The lowest BCUT2D eigenvalue weighted by Crippen LogP contribution is -2.49. The summed E-state index contributed by atoms with van der Waals surface area (Å²) in [7, 11) is 0. The van der Waals surface area contributed by atoms with Gasteiger partial charge in [0.15, 0.2) is 0 Å². The van der Waals surface area contributed by atoms with Crippen molar-refractivity contribution in [3.63, 3.8) is 0 Å². The van der Waals surface area contributed by atoms with Gasteiger partial charge in [0.05, 0.1) is 0 Å². The highest BCUT2D eigenvalue weighted by atomic mass is 127. The first-order valence-electron chi connectivity index (χ1n) is 3.69. The van der Waals surface area contributed by atoms with Crippen LogP contribution >= 0.6 is 22.9 Å². The van der Waals surface area contributed by atoms with E-state index in [0.717, 1.165) is 19.5 Å². The molecule has 2 N–H and O–H groups in total. The minimum atomic E-state index is 0.305. The predicted molar refractivity (Wildman–Crippen MR) is 52.0 cm³/mol. The molecule has 0 radical (unpaired) electrons. The van der Waals surface area contributed by atoms with Crippen LogP contribution in [0.5, 0.6) is 0 Å². The standard InChI is InChI=1S/C7H15IN2/c1-7(2)5-10(8)4-3-6(7)9/h6H,3-5,9H2,1-2H3/t6-/m1/s1. The van der Waals surface area contributed by atoms with Gasteiger partial charge in [-0.1, -0.05) is 13.8 Å². The molecule has 0 aromatic heterocycles. The van der Waals surface area contributed by atoms with Gasteiger partial charge in [-0.25, -0.2) is 3.11 Å². The third-order valence-corrected chi connectivity index (χ3v) is 3.09. The number of hydrogen-bond donors (Lipinski definition) is 1. The van der Waals surface area contributed by atoms with Gasteiger partial charge < -0.3 is 5.73 Å². The molecule has 60 valence electrons. The van der Waals surface area contributed by atoms with Crippen LogP contribution in [-0.4, -0.2) is 22.2 Å². The molecule has 0 aliphatic carbocycles. The molecule has 1 aliphatic heterocycles. The van der Waals surface area contributed by atoms with Gasteiger partial charge in [0.2, 0.25) is 0 Å². The highest BCUT2D eigenvalue weighted by Gasteiger charge is 2.32. The zero-order chi connectivity index (χ0) is 7.78. The number of nitrogens with zero attached hydrogens (tertiary/aromatic N) is 1. The Morgan fingerprint density at radius 1 is 1.60 bits per heavy atom. The molecule has 0 aromatic carbocycles. The van der Waals surface area contributed by atoms with Crippen LogP contribution in [0.4, 0.5) is 0 Å². The summed E-state index contributed by atoms with van der Waals surface area (Å²) in [5, 5.41) is 0. The zero-order valence-electron chi connectivity index (χ0n) is 6.60. The molecule has 0 unspecified atom stereocenters. The SMILES string of the molecule is CC1(C)CN(I)CC[C@H]1N. The maximum Gasteiger partial charge on any atom is 0.0201 e. The smallest absolute Gasteiger partial charge is 0.0201 e. The highest BCUT2D eigenvalue weighted by Crippen LogP contribution is 2.28. The van der Waals surface area contributed by atoms with E-state index in [1.165, 1.54) is 0 Å². The fraction of sp³-hybridized carbons (Fsp3) is 1.00. The summed E-state index contributed by atoms with van der Waals surface area (Å²) in [5.41, 5.74) is 6.25. The molecule has 0 aromatic rings. The summed E-state index contributed by atoms with van der Waals surface area (Å²) >= 11 is 2.37. The van der Waals surface area contributed by atoms with Crippen LogP contribution in [0.3, 0.4) is 0 Å². The van der Waals surface area contributed by atoms with Gasteiger partial charge in [0, 0.05) is 42.0 Å². The first-order chi connectivity index (χ1) is 4.52. The number of piperidine rings is 1. The van der Waals surface area contributed by atoms with E-state index in [9.17, 15) is 0 Å². The Balaban J connectivity index is 2.55. The third-order valence-electron chi connectivity index (χ3n) is 2.27. The number of halogens is 1. The number of hydrogen-bond acceptors (Lipinski definition) is 2. The maximum atomic E-state index is 5.94. The topological polar surface area (TPSA) is 29.3 Å². The van der Waals surface area contributed by atoms with Crippen molar-refractivity contribution in [1.29, 1.82) is 0 Å². The van der Waals surface area contributed by atoms with Crippen molar-refractivity contribution in [3.05, 3.63) is 0 Å². The first kappa shape index (κ1) is 8.74. The van der Waals surface area contributed by atoms with Crippen LogP contribution in [0.25, 0.3) is 0 Å². The van der Waals surface area contributed by atoms with Gasteiger partial charge in [-0.3, -0.25) is 0 Å². The number of rotatable bonds is 0. The lowest BCUT2D eigenvalue weighted by atomic mass is 9.81. The van der Waals surface area contributed by atoms with Crippen molar-refractivity contribution in [2.24, 2.45) is 11.1 Å². The molecule has 3 heteroatoms. The van der Waals surface area contributed by atoms with E-state index in [-0.39, 0.29) is 0 Å². The molecule has 1 aliphatic rings. The van der Waals surface area contributed by atoms with E-state index in [1.807, 2.05) is 0 Å². The monoisotopic (exact) mass is 254 g/mol. The van der Waals surface area contributed by atoms with Crippen molar-refractivity contribution in [2.45, 2.75) is 26.3 Å². The van der Waals surface area contributed by atoms with Crippen LogP contribution in [0.1, 0.15) is 20.3 Å². The Hall–Kier alpha value is 0.650. The Kier molecular flexibility index (Phi) is 2.58. The lowest BCUT2D eigenvalue weighted by molar-refractivity contribution is 0.175. The second kappa shape index (κ2) is 2.95. The average molecular weight is 254 g/mol. The summed E-state index contributed by atoms with van der Waals surface area (Å²) in [6.07, 6.45) is 1.13. The minimum Gasteiger partial charge on any atom is -0.327 e. The molecule has 10 heavy (non-hydrogen) atoms. The molecule has 1 fully saturated rings. The quantitative estimate of drug-likeness (QED) is 0.523. The van der Waals surface area contributed by atoms with Crippen molar-refractivity contribution in [2.75, 3.05) is 13.1 Å². The van der Waals surface area contributed by atoms with Gasteiger partial charge in [0.1, 0.15) is 0 Å². The van der Waals surface area contributed by atoms with Crippen LogP contribution in [0.15, 0.2) is 0 Å². The Morgan fingerprint density at radius 2 is 2.20 bits per heavy atom. The summed E-state index contributed by atoms with van der Waals surface area (Å²) in [5.74, 6) is 0.